The maximum atomic E-state index is 9.59. The van der Waals surface area contributed by atoms with E-state index in [-0.39, 0.29) is 23.0 Å². The van der Waals surface area contributed by atoms with E-state index in [9.17, 15) is 20.4 Å². The summed E-state index contributed by atoms with van der Waals surface area (Å²) in [7, 11) is 0. The van der Waals surface area contributed by atoms with Gasteiger partial charge in [0, 0.05) is 5.39 Å². The Morgan fingerprint density at radius 1 is 0.385 bits per heavy atom. The predicted molar refractivity (Wildman–Crippen MR) is 160 cm³/mol. The fourth-order valence-electron chi connectivity index (χ4n) is 4.25. The lowest BCUT2D eigenvalue weighted by atomic mass is 10.0. The third kappa shape index (κ3) is 5.69. The zero-order valence-corrected chi connectivity index (χ0v) is 22.5. The van der Waals surface area contributed by atoms with Crippen LogP contribution in [-0.2, 0) is 0 Å². The van der Waals surface area contributed by atoms with Crippen LogP contribution in [-0.4, -0.2) is 20.4 Å². The Morgan fingerprint density at radius 3 is 1.44 bits per heavy atom. The number of phenolic OH excluding ortho intramolecular Hbond substituents is 4. The maximum Gasteiger partial charge on any atom is 0.134 e. The Hall–Kier alpha value is -4.09. The molecule has 4 nitrogen and oxygen atoms in total. The summed E-state index contributed by atoms with van der Waals surface area (Å²) in [4.78, 5) is 0. The zero-order chi connectivity index (χ0) is 27.7. The average Bonchev–Trinajstić information content (AvgIpc) is 2.94. The van der Waals surface area contributed by atoms with E-state index >= 15 is 0 Å². The number of hydrogen-bond acceptors (Lipinski definition) is 4. The second-order valence-corrected chi connectivity index (χ2v) is 10.1. The first-order valence-electron chi connectivity index (χ1n) is 11.8. The molecule has 0 aliphatic carbocycles. The molecule has 6 rings (SSSR count). The molecule has 0 heterocycles. The number of aromatic hydroxyl groups is 4. The van der Waals surface area contributed by atoms with Crippen LogP contribution in [0.4, 0.5) is 0 Å². The van der Waals surface area contributed by atoms with Crippen molar-refractivity contribution in [2.75, 3.05) is 0 Å². The molecule has 194 valence electrons. The van der Waals surface area contributed by atoms with Gasteiger partial charge in [-0.3, -0.25) is 0 Å². The monoisotopic (exact) mass is 574 g/mol. The van der Waals surface area contributed by atoms with Gasteiger partial charge >= 0.3 is 0 Å². The van der Waals surface area contributed by atoms with Crippen molar-refractivity contribution in [3.8, 4) is 45.3 Å². The van der Waals surface area contributed by atoms with Crippen molar-refractivity contribution in [2.45, 2.75) is 0 Å². The largest absolute Gasteiger partial charge is 0.508 e. The number of phenols is 4. The van der Waals surface area contributed by atoms with E-state index < -0.39 is 0 Å². The van der Waals surface area contributed by atoms with E-state index in [1.807, 2.05) is 54.6 Å². The van der Waals surface area contributed by atoms with E-state index in [2.05, 4.69) is 0 Å². The second-order valence-electron chi connectivity index (χ2n) is 8.91. The number of rotatable bonds is 2. The molecule has 0 fully saturated rings. The van der Waals surface area contributed by atoms with E-state index in [1.165, 1.54) is 0 Å². The van der Waals surface area contributed by atoms with Crippen LogP contribution < -0.4 is 0 Å². The van der Waals surface area contributed by atoms with E-state index in [0.29, 0.717) is 15.1 Å². The topological polar surface area (TPSA) is 80.9 Å². The molecule has 0 aromatic heterocycles. The predicted octanol–water partition coefficient (Wildman–Crippen LogP) is 9.80. The molecular weight excluding hydrogens is 555 g/mol. The first kappa shape index (κ1) is 26.5. The molecule has 0 atom stereocenters. The molecule has 0 spiro atoms. The standard InChI is InChI=1S/C16H10Cl2O2.C16H11ClO2/c17-13-8-10(2-5-14(13)19)9-1-4-12-11(7-9)3-6-15(20)16(12)18;17-15-9-13(4-6-16(15)19)10-1-2-12-8-14(18)5-3-11(12)7-10/h1-8,19-20H;1-9,18-19H. The van der Waals surface area contributed by atoms with E-state index in [4.69, 9.17) is 34.8 Å². The summed E-state index contributed by atoms with van der Waals surface area (Å²) < 4.78 is 0. The van der Waals surface area contributed by atoms with Crippen molar-refractivity contribution in [3.63, 3.8) is 0 Å². The minimum atomic E-state index is 0.0594. The number of fused-ring (bicyclic) bond motifs is 2. The minimum absolute atomic E-state index is 0.0594. The van der Waals surface area contributed by atoms with Gasteiger partial charge in [-0.15, -0.1) is 0 Å². The Morgan fingerprint density at radius 2 is 0.821 bits per heavy atom. The van der Waals surface area contributed by atoms with Crippen molar-refractivity contribution >= 4 is 56.3 Å². The molecule has 0 aliphatic rings. The Balaban J connectivity index is 0.000000158. The van der Waals surface area contributed by atoms with Crippen molar-refractivity contribution < 1.29 is 20.4 Å². The zero-order valence-electron chi connectivity index (χ0n) is 20.2. The van der Waals surface area contributed by atoms with Gasteiger partial charge in [-0.25, -0.2) is 0 Å². The Labute approximate surface area is 239 Å². The van der Waals surface area contributed by atoms with Crippen LogP contribution in [0.1, 0.15) is 0 Å². The van der Waals surface area contributed by atoms with Crippen LogP contribution in [0.3, 0.4) is 0 Å². The van der Waals surface area contributed by atoms with Gasteiger partial charge in [-0.2, -0.15) is 0 Å². The highest BCUT2D eigenvalue weighted by Crippen LogP contribution is 2.36. The summed E-state index contributed by atoms with van der Waals surface area (Å²) in [5.74, 6) is 0.466. The highest BCUT2D eigenvalue weighted by Gasteiger charge is 2.08. The summed E-state index contributed by atoms with van der Waals surface area (Å²) in [6, 6.07) is 30.5. The molecule has 0 saturated carbocycles. The fourth-order valence-corrected chi connectivity index (χ4v) is 4.84. The fraction of sp³-hybridized carbons (Fsp3) is 0. The molecule has 0 aliphatic heterocycles. The van der Waals surface area contributed by atoms with Gasteiger partial charge in [-0.05, 0) is 93.0 Å². The average molecular weight is 576 g/mol. The normalized spacial score (nSPS) is 10.8. The Bertz CT molecular complexity index is 1850. The molecule has 6 aromatic carbocycles. The van der Waals surface area contributed by atoms with Crippen LogP contribution in [0.15, 0.2) is 103 Å². The molecule has 39 heavy (non-hydrogen) atoms. The van der Waals surface area contributed by atoms with Gasteiger partial charge in [0.2, 0.25) is 0 Å². The smallest absolute Gasteiger partial charge is 0.134 e. The third-order valence-electron chi connectivity index (χ3n) is 6.32. The molecule has 0 bridgehead atoms. The summed E-state index contributed by atoms with van der Waals surface area (Å²) in [6.45, 7) is 0. The van der Waals surface area contributed by atoms with Gasteiger partial charge in [0.25, 0.3) is 0 Å². The molecule has 0 saturated heterocycles. The SMILES string of the molecule is Oc1ccc(-c2ccc3c(Cl)c(O)ccc3c2)cc1Cl.Oc1ccc2cc(-c3ccc(O)c(Cl)c3)ccc2c1. The third-order valence-corrected chi connectivity index (χ3v) is 7.32. The summed E-state index contributed by atoms with van der Waals surface area (Å²) in [5, 5.41) is 42.6. The lowest BCUT2D eigenvalue weighted by molar-refractivity contribution is 0.475. The lowest BCUT2D eigenvalue weighted by Gasteiger charge is -2.07. The lowest BCUT2D eigenvalue weighted by Crippen LogP contribution is -1.81. The van der Waals surface area contributed by atoms with Crippen LogP contribution >= 0.6 is 34.8 Å². The summed E-state index contributed by atoms with van der Waals surface area (Å²) >= 11 is 17.9. The van der Waals surface area contributed by atoms with Gasteiger partial charge in [-0.1, -0.05) is 83.3 Å². The molecule has 0 unspecified atom stereocenters. The van der Waals surface area contributed by atoms with Crippen molar-refractivity contribution in [2.24, 2.45) is 0 Å². The molecule has 7 heteroatoms. The van der Waals surface area contributed by atoms with Gasteiger partial charge < -0.3 is 20.4 Å². The van der Waals surface area contributed by atoms with Crippen LogP contribution in [0.25, 0.3) is 43.8 Å². The second kappa shape index (κ2) is 11.0. The molecule has 4 N–H and O–H groups in total. The molecule has 0 radical (unpaired) electrons. The minimum Gasteiger partial charge on any atom is -0.508 e. The molecule has 0 amide bonds. The van der Waals surface area contributed by atoms with Crippen LogP contribution in [0, 0.1) is 0 Å². The first-order chi connectivity index (χ1) is 18.7. The van der Waals surface area contributed by atoms with E-state index in [0.717, 1.165) is 43.8 Å². The quantitative estimate of drug-likeness (QED) is 0.166. The van der Waals surface area contributed by atoms with Gasteiger partial charge in [0.05, 0.1) is 15.1 Å². The van der Waals surface area contributed by atoms with Crippen molar-refractivity contribution in [1.82, 2.24) is 0 Å². The number of benzene rings is 6. The summed E-state index contributed by atoms with van der Waals surface area (Å²) in [5.41, 5.74) is 3.82. The highest BCUT2D eigenvalue weighted by atomic mass is 35.5. The maximum absolute atomic E-state index is 9.59. The van der Waals surface area contributed by atoms with Crippen molar-refractivity contribution in [1.29, 1.82) is 0 Å². The molecule has 6 aromatic rings. The number of halogens is 3. The van der Waals surface area contributed by atoms with Crippen molar-refractivity contribution in [3.05, 3.63) is 118 Å². The van der Waals surface area contributed by atoms with Crippen LogP contribution in [0.5, 0.6) is 23.0 Å². The number of hydrogen-bond donors (Lipinski definition) is 4. The van der Waals surface area contributed by atoms with E-state index in [1.54, 1.807) is 48.5 Å². The highest BCUT2D eigenvalue weighted by molar-refractivity contribution is 6.37. The first-order valence-corrected chi connectivity index (χ1v) is 12.9. The molecular formula is C32H21Cl3O4. The Kier molecular flexibility index (Phi) is 7.45. The van der Waals surface area contributed by atoms with Gasteiger partial charge in [0.1, 0.15) is 23.0 Å². The van der Waals surface area contributed by atoms with Crippen LogP contribution in [0.2, 0.25) is 15.1 Å². The summed E-state index contributed by atoms with van der Waals surface area (Å²) in [6.07, 6.45) is 0. The van der Waals surface area contributed by atoms with Gasteiger partial charge in [0.15, 0.2) is 0 Å².